The van der Waals surface area contributed by atoms with Gasteiger partial charge in [-0.25, -0.2) is 0 Å². The molecule has 8 heteroatoms. The van der Waals surface area contributed by atoms with Gasteiger partial charge in [0.2, 0.25) is 0 Å². The smallest absolute Gasteiger partial charge is 0.362 e. The van der Waals surface area contributed by atoms with Crippen LogP contribution in [-0.2, 0) is 0 Å². The highest BCUT2D eigenvalue weighted by Gasteiger charge is 2.68. The molecule has 0 radical (unpaired) electrons. The summed E-state index contributed by atoms with van der Waals surface area (Å²) in [5, 5.41) is 14.9. The highest BCUT2D eigenvalue weighted by molar-refractivity contribution is 6.31. The first-order valence-electron chi connectivity index (χ1n) is 7.63. The van der Waals surface area contributed by atoms with E-state index in [2.05, 4.69) is 5.10 Å². The average Bonchev–Trinajstić information content (AvgIpc) is 2.84. The van der Waals surface area contributed by atoms with Gasteiger partial charge in [0.15, 0.2) is 0 Å². The molecule has 2 atom stereocenters. The molecule has 1 aliphatic heterocycles. The molecular weight excluding hydrogens is 345 g/mol. The van der Waals surface area contributed by atoms with Crippen molar-refractivity contribution < 1.29 is 23.1 Å². The molecule has 1 saturated carbocycles. The first kappa shape index (κ1) is 17.2. The number of rotatable bonds is 1. The Morgan fingerprint density at radius 1 is 1.42 bits per heavy atom. The third kappa shape index (κ3) is 2.50. The summed E-state index contributed by atoms with van der Waals surface area (Å²) >= 11 is 5.89. The van der Waals surface area contributed by atoms with Gasteiger partial charge in [-0.05, 0) is 49.9 Å². The number of alkyl halides is 3. The van der Waals surface area contributed by atoms with Crippen LogP contribution in [0, 0.1) is 12.8 Å². The van der Waals surface area contributed by atoms with Gasteiger partial charge in [-0.15, -0.1) is 0 Å². The number of hydrogen-bond donors (Lipinski definition) is 1. The van der Waals surface area contributed by atoms with Crippen molar-refractivity contribution in [2.45, 2.75) is 44.5 Å². The fourth-order valence-corrected chi connectivity index (χ4v) is 3.44. The fraction of sp³-hybridized carbons (Fsp3) is 0.500. The number of halogens is 4. The maximum Gasteiger partial charge on any atom is 0.439 e. The molecular formula is C16H16ClF3N2O2. The van der Waals surface area contributed by atoms with Crippen molar-refractivity contribution in [2.75, 3.05) is 0 Å². The topological polar surface area (TPSA) is 52.9 Å². The zero-order valence-corrected chi connectivity index (χ0v) is 13.7. The van der Waals surface area contributed by atoms with Crippen molar-refractivity contribution in [1.82, 2.24) is 5.01 Å². The Labute approximate surface area is 141 Å². The van der Waals surface area contributed by atoms with Crippen LogP contribution in [-0.4, -0.2) is 33.6 Å². The van der Waals surface area contributed by atoms with Gasteiger partial charge < -0.3 is 5.11 Å². The minimum atomic E-state index is -5.00. The molecule has 0 saturated heterocycles. The van der Waals surface area contributed by atoms with Crippen molar-refractivity contribution in [3.8, 4) is 0 Å². The highest BCUT2D eigenvalue weighted by Crippen LogP contribution is 2.48. The number of aliphatic hydroxyl groups is 1. The molecule has 1 aromatic carbocycles. The van der Waals surface area contributed by atoms with Crippen molar-refractivity contribution in [2.24, 2.45) is 11.0 Å². The van der Waals surface area contributed by atoms with E-state index in [4.69, 9.17) is 11.6 Å². The molecule has 4 nitrogen and oxygen atoms in total. The van der Waals surface area contributed by atoms with Crippen LogP contribution in [0.2, 0.25) is 5.02 Å². The first-order chi connectivity index (χ1) is 11.2. The Kier molecular flexibility index (Phi) is 4.12. The molecule has 0 unspecified atom stereocenters. The second-order valence-corrected chi connectivity index (χ2v) is 6.60. The van der Waals surface area contributed by atoms with Crippen molar-refractivity contribution in [3.63, 3.8) is 0 Å². The summed E-state index contributed by atoms with van der Waals surface area (Å²) in [5.74, 6) is -2.19. The molecule has 3 rings (SSSR count). The summed E-state index contributed by atoms with van der Waals surface area (Å²) in [5.41, 5.74) is -2.50. The predicted octanol–water partition coefficient (Wildman–Crippen LogP) is 3.90. The van der Waals surface area contributed by atoms with Crippen LogP contribution in [0.1, 0.15) is 41.6 Å². The highest BCUT2D eigenvalue weighted by atomic mass is 35.5. The van der Waals surface area contributed by atoms with Crippen molar-refractivity contribution >= 4 is 23.2 Å². The molecule has 1 aromatic rings. The summed E-state index contributed by atoms with van der Waals surface area (Å²) in [6, 6.07) is 4.16. The number of carbonyl (C=O) groups is 1. The van der Waals surface area contributed by atoms with Crippen LogP contribution in [0.15, 0.2) is 23.3 Å². The molecule has 1 heterocycles. The molecule has 1 fully saturated rings. The number of amides is 1. The number of hydrogen-bond acceptors (Lipinski definition) is 3. The molecule has 1 N–H and O–H groups in total. The van der Waals surface area contributed by atoms with Crippen molar-refractivity contribution in [1.29, 1.82) is 0 Å². The summed E-state index contributed by atoms with van der Waals surface area (Å²) in [6.07, 6.45) is -3.24. The number of benzene rings is 1. The van der Waals surface area contributed by atoms with E-state index in [9.17, 15) is 23.1 Å². The molecule has 130 valence electrons. The molecule has 24 heavy (non-hydrogen) atoms. The lowest BCUT2D eigenvalue weighted by Gasteiger charge is -2.38. The lowest BCUT2D eigenvalue weighted by Crippen LogP contribution is -2.61. The van der Waals surface area contributed by atoms with Crippen LogP contribution >= 0.6 is 11.6 Å². The maximum atomic E-state index is 13.6. The molecule has 2 aliphatic rings. The van der Waals surface area contributed by atoms with Gasteiger partial charge in [-0.3, -0.25) is 4.79 Å². The van der Waals surface area contributed by atoms with Gasteiger partial charge in [-0.1, -0.05) is 18.0 Å². The SMILES string of the molecule is Cc1cc(C(=O)N2N=C3CCCC[C@H]3[C@]2(O)C(F)(F)F)ccc1Cl. The quantitative estimate of drug-likeness (QED) is 0.825. The second-order valence-electron chi connectivity index (χ2n) is 6.19. The Bertz CT molecular complexity index is 720. The second kappa shape index (κ2) is 5.74. The maximum absolute atomic E-state index is 13.6. The van der Waals surface area contributed by atoms with E-state index in [0.717, 1.165) is 0 Å². The van der Waals surface area contributed by atoms with E-state index in [1.807, 2.05) is 0 Å². The number of nitrogens with zero attached hydrogens (tertiary/aromatic N) is 2. The largest absolute Gasteiger partial charge is 0.439 e. The molecule has 0 bridgehead atoms. The summed E-state index contributed by atoms with van der Waals surface area (Å²) < 4.78 is 40.9. The standard InChI is InChI=1S/C16H16ClF3N2O2/c1-9-8-10(6-7-12(9)17)14(23)22-15(24,16(18,19)20)11-4-2-3-5-13(11)21-22/h6-8,11,24H,2-5H2,1H3/t11-,15+/m1/s1. The third-order valence-corrected chi connectivity index (χ3v) is 5.05. The van der Waals surface area contributed by atoms with E-state index >= 15 is 0 Å². The van der Waals surface area contributed by atoms with Gasteiger partial charge in [0, 0.05) is 16.3 Å². The van der Waals surface area contributed by atoms with E-state index in [-0.39, 0.29) is 22.7 Å². The fourth-order valence-electron chi connectivity index (χ4n) is 3.32. The Balaban J connectivity index is 2.05. The number of hydrazone groups is 1. The summed E-state index contributed by atoms with van der Waals surface area (Å²) in [6.45, 7) is 1.64. The predicted molar refractivity (Wildman–Crippen MR) is 82.8 cm³/mol. The van der Waals surface area contributed by atoms with Crippen molar-refractivity contribution in [3.05, 3.63) is 34.3 Å². The minimum absolute atomic E-state index is 0.00238. The van der Waals surface area contributed by atoms with Crippen LogP contribution in [0.25, 0.3) is 0 Å². The number of carbonyl (C=O) groups excluding carboxylic acids is 1. The van der Waals surface area contributed by atoms with Gasteiger partial charge in [0.1, 0.15) is 0 Å². The molecule has 1 aliphatic carbocycles. The lowest BCUT2D eigenvalue weighted by atomic mass is 9.80. The first-order valence-corrected chi connectivity index (χ1v) is 8.01. The van der Waals surface area contributed by atoms with Gasteiger partial charge >= 0.3 is 6.18 Å². The van der Waals surface area contributed by atoms with Crippen LogP contribution in [0.5, 0.6) is 0 Å². The molecule has 1 amide bonds. The Morgan fingerprint density at radius 3 is 2.75 bits per heavy atom. The zero-order chi connectivity index (χ0) is 17.7. The molecule has 0 spiro atoms. The lowest BCUT2D eigenvalue weighted by molar-refractivity contribution is -0.312. The normalized spacial score (nSPS) is 27.0. The number of fused-ring (bicyclic) bond motifs is 1. The van der Waals surface area contributed by atoms with Gasteiger partial charge in [0.05, 0.1) is 5.92 Å². The van der Waals surface area contributed by atoms with E-state index in [0.29, 0.717) is 29.8 Å². The van der Waals surface area contributed by atoms with Crippen LogP contribution in [0.4, 0.5) is 13.2 Å². The van der Waals surface area contributed by atoms with E-state index in [1.165, 1.54) is 18.2 Å². The summed E-state index contributed by atoms with van der Waals surface area (Å²) in [4.78, 5) is 12.6. The molecule has 0 aromatic heterocycles. The zero-order valence-electron chi connectivity index (χ0n) is 12.9. The average molecular weight is 361 g/mol. The van der Waals surface area contributed by atoms with Crippen LogP contribution in [0.3, 0.4) is 0 Å². The Morgan fingerprint density at radius 2 is 2.12 bits per heavy atom. The minimum Gasteiger partial charge on any atom is -0.362 e. The Hall–Kier alpha value is -1.60. The number of aryl methyl sites for hydroxylation is 1. The van der Waals surface area contributed by atoms with E-state index < -0.39 is 23.7 Å². The third-order valence-electron chi connectivity index (χ3n) is 4.63. The van der Waals surface area contributed by atoms with Crippen LogP contribution < -0.4 is 0 Å². The van der Waals surface area contributed by atoms with Gasteiger partial charge in [-0.2, -0.15) is 23.3 Å². The van der Waals surface area contributed by atoms with Gasteiger partial charge in [0.25, 0.3) is 11.6 Å². The summed E-state index contributed by atoms with van der Waals surface area (Å²) in [7, 11) is 0. The van der Waals surface area contributed by atoms with E-state index in [1.54, 1.807) is 6.92 Å². The monoisotopic (exact) mass is 360 g/mol.